The number of hydrogen-bond donors (Lipinski definition) is 1. The standard InChI is InChI=1S/C20H23N3O/c1-3-4-11-21-20(24)17-9-10-18-13-22-23(19(18)12-17)14-16-7-5-15(2)6-8-16/h5-10,12-13H,3-4,11,14H2,1-2H3,(H,21,24). The largest absolute Gasteiger partial charge is 0.352 e. The first-order valence-corrected chi connectivity index (χ1v) is 8.46. The molecule has 124 valence electrons. The maximum absolute atomic E-state index is 12.3. The zero-order chi connectivity index (χ0) is 16.9. The van der Waals surface area contributed by atoms with E-state index in [1.165, 1.54) is 11.1 Å². The van der Waals surface area contributed by atoms with Crippen molar-refractivity contribution in [3.63, 3.8) is 0 Å². The Bertz CT molecular complexity index is 834. The van der Waals surface area contributed by atoms with Crippen molar-refractivity contribution >= 4 is 16.8 Å². The molecule has 0 atom stereocenters. The molecule has 0 fully saturated rings. The highest BCUT2D eigenvalue weighted by Gasteiger charge is 2.09. The van der Waals surface area contributed by atoms with E-state index in [4.69, 9.17) is 0 Å². The lowest BCUT2D eigenvalue weighted by Gasteiger charge is -2.07. The van der Waals surface area contributed by atoms with Gasteiger partial charge >= 0.3 is 0 Å². The monoisotopic (exact) mass is 321 g/mol. The highest BCUT2D eigenvalue weighted by molar-refractivity contribution is 5.97. The van der Waals surface area contributed by atoms with E-state index in [1.807, 2.05) is 29.1 Å². The lowest BCUT2D eigenvalue weighted by Crippen LogP contribution is -2.24. The van der Waals surface area contributed by atoms with Crippen molar-refractivity contribution in [2.45, 2.75) is 33.2 Å². The molecule has 0 aliphatic heterocycles. The predicted octanol–water partition coefficient (Wildman–Crippen LogP) is 3.92. The summed E-state index contributed by atoms with van der Waals surface area (Å²) in [6, 6.07) is 14.2. The van der Waals surface area contributed by atoms with Gasteiger partial charge in [-0.25, -0.2) is 0 Å². The lowest BCUT2D eigenvalue weighted by atomic mass is 10.1. The van der Waals surface area contributed by atoms with Crippen molar-refractivity contribution in [1.82, 2.24) is 15.1 Å². The minimum absolute atomic E-state index is 0.0200. The van der Waals surface area contributed by atoms with Gasteiger partial charge in [0.2, 0.25) is 0 Å². The molecule has 3 aromatic rings. The number of carbonyl (C=O) groups is 1. The molecular weight excluding hydrogens is 298 g/mol. The average Bonchev–Trinajstić information content (AvgIpc) is 2.99. The van der Waals surface area contributed by atoms with Crippen molar-refractivity contribution in [1.29, 1.82) is 0 Å². The Labute approximate surface area is 142 Å². The van der Waals surface area contributed by atoms with Crippen LogP contribution in [0.15, 0.2) is 48.7 Å². The number of amides is 1. The van der Waals surface area contributed by atoms with Gasteiger partial charge in [0.15, 0.2) is 0 Å². The van der Waals surface area contributed by atoms with E-state index in [0.717, 1.165) is 30.3 Å². The number of nitrogens with one attached hydrogen (secondary N) is 1. The van der Waals surface area contributed by atoms with Crippen LogP contribution in [-0.4, -0.2) is 22.2 Å². The summed E-state index contributed by atoms with van der Waals surface area (Å²) in [6.07, 6.45) is 3.92. The SMILES string of the molecule is CCCCNC(=O)c1ccc2cnn(Cc3ccc(C)cc3)c2c1. The van der Waals surface area contributed by atoms with Gasteiger partial charge in [0.1, 0.15) is 0 Å². The number of unbranched alkanes of at least 4 members (excludes halogenated alkanes) is 1. The first-order chi connectivity index (χ1) is 11.7. The number of rotatable bonds is 6. The number of carbonyl (C=O) groups excluding carboxylic acids is 1. The first kappa shape index (κ1) is 16.2. The average molecular weight is 321 g/mol. The number of fused-ring (bicyclic) bond motifs is 1. The smallest absolute Gasteiger partial charge is 0.251 e. The molecule has 24 heavy (non-hydrogen) atoms. The van der Waals surface area contributed by atoms with Gasteiger partial charge in [-0.3, -0.25) is 9.48 Å². The molecule has 1 heterocycles. The second kappa shape index (κ2) is 7.30. The Kier molecular flexibility index (Phi) is 4.94. The number of hydrogen-bond acceptors (Lipinski definition) is 2. The van der Waals surface area contributed by atoms with Gasteiger partial charge in [-0.05, 0) is 31.0 Å². The molecule has 0 bridgehead atoms. The van der Waals surface area contributed by atoms with Gasteiger partial charge < -0.3 is 5.32 Å². The third-order valence-corrected chi connectivity index (χ3v) is 4.18. The number of nitrogens with zero attached hydrogens (tertiary/aromatic N) is 2. The van der Waals surface area contributed by atoms with Crippen molar-refractivity contribution < 1.29 is 4.79 Å². The zero-order valence-electron chi connectivity index (χ0n) is 14.2. The third-order valence-electron chi connectivity index (χ3n) is 4.18. The highest BCUT2D eigenvalue weighted by Crippen LogP contribution is 2.17. The quantitative estimate of drug-likeness (QED) is 0.699. The summed E-state index contributed by atoms with van der Waals surface area (Å²) in [5, 5.41) is 8.49. The van der Waals surface area contributed by atoms with Crippen LogP contribution in [0.4, 0.5) is 0 Å². The fourth-order valence-corrected chi connectivity index (χ4v) is 2.68. The van der Waals surface area contributed by atoms with Crippen LogP contribution >= 0.6 is 0 Å². The van der Waals surface area contributed by atoms with E-state index in [1.54, 1.807) is 0 Å². The lowest BCUT2D eigenvalue weighted by molar-refractivity contribution is 0.0953. The van der Waals surface area contributed by atoms with Crippen LogP contribution in [-0.2, 0) is 6.54 Å². The molecule has 0 aliphatic rings. The van der Waals surface area contributed by atoms with E-state index in [0.29, 0.717) is 12.1 Å². The third kappa shape index (κ3) is 3.65. The van der Waals surface area contributed by atoms with Crippen LogP contribution in [0.3, 0.4) is 0 Å². The fraction of sp³-hybridized carbons (Fsp3) is 0.300. The highest BCUT2D eigenvalue weighted by atomic mass is 16.1. The molecule has 0 radical (unpaired) electrons. The Morgan fingerprint density at radius 2 is 1.96 bits per heavy atom. The van der Waals surface area contributed by atoms with Gasteiger partial charge in [0, 0.05) is 17.5 Å². The molecular formula is C20H23N3O. The second-order valence-electron chi connectivity index (χ2n) is 6.17. The van der Waals surface area contributed by atoms with E-state index in [9.17, 15) is 4.79 Å². The Balaban J connectivity index is 1.83. The molecule has 4 heteroatoms. The number of aromatic nitrogens is 2. The maximum atomic E-state index is 12.3. The van der Waals surface area contributed by atoms with Crippen molar-refractivity contribution in [3.05, 3.63) is 65.4 Å². The van der Waals surface area contributed by atoms with Crippen molar-refractivity contribution in [2.24, 2.45) is 0 Å². The van der Waals surface area contributed by atoms with Gasteiger partial charge in [0.05, 0.1) is 18.3 Å². The summed E-state index contributed by atoms with van der Waals surface area (Å²) >= 11 is 0. The zero-order valence-corrected chi connectivity index (χ0v) is 14.2. The van der Waals surface area contributed by atoms with Gasteiger partial charge in [-0.2, -0.15) is 5.10 Å². The Hall–Kier alpha value is -2.62. The van der Waals surface area contributed by atoms with Gasteiger partial charge in [-0.15, -0.1) is 0 Å². The summed E-state index contributed by atoms with van der Waals surface area (Å²) in [4.78, 5) is 12.3. The van der Waals surface area contributed by atoms with Crippen LogP contribution < -0.4 is 5.32 Å². The summed E-state index contributed by atoms with van der Waals surface area (Å²) in [5.41, 5.74) is 4.11. The van der Waals surface area contributed by atoms with Crippen LogP contribution in [0.1, 0.15) is 41.3 Å². The molecule has 4 nitrogen and oxygen atoms in total. The molecule has 0 unspecified atom stereocenters. The molecule has 0 spiro atoms. The second-order valence-corrected chi connectivity index (χ2v) is 6.17. The topological polar surface area (TPSA) is 46.9 Å². The number of benzene rings is 2. The van der Waals surface area contributed by atoms with E-state index in [2.05, 4.69) is 48.5 Å². The van der Waals surface area contributed by atoms with E-state index >= 15 is 0 Å². The van der Waals surface area contributed by atoms with Crippen LogP contribution in [0.5, 0.6) is 0 Å². The molecule has 0 aliphatic carbocycles. The molecule has 1 aromatic heterocycles. The molecule has 0 saturated carbocycles. The number of aryl methyl sites for hydroxylation is 1. The fourth-order valence-electron chi connectivity index (χ4n) is 2.68. The minimum Gasteiger partial charge on any atom is -0.352 e. The van der Waals surface area contributed by atoms with Crippen LogP contribution in [0.25, 0.3) is 10.9 Å². The Morgan fingerprint density at radius 3 is 2.71 bits per heavy atom. The molecule has 1 N–H and O–H groups in total. The maximum Gasteiger partial charge on any atom is 0.251 e. The van der Waals surface area contributed by atoms with Crippen molar-refractivity contribution in [3.8, 4) is 0 Å². The first-order valence-electron chi connectivity index (χ1n) is 8.46. The minimum atomic E-state index is -0.0200. The molecule has 1 amide bonds. The van der Waals surface area contributed by atoms with Crippen LogP contribution in [0.2, 0.25) is 0 Å². The van der Waals surface area contributed by atoms with Gasteiger partial charge in [0.25, 0.3) is 5.91 Å². The molecule has 3 rings (SSSR count). The molecule has 2 aromatic carbocycles. The Morgan fingerprint density at radius 1 is 1.17 bits per heavy atom. The summed E-state index contributed by atoms with van der Waals surface area (Å²) in [5.74, 6) is -0.0200. The summed E-state index contributed by atoms with van der Waals surface area (Å²) in [6.45, 7) is 5.61. The van der Waals surface area contributed by atoms with Crippen molar-refractivity contribution in [2.75, 3.05) is 6.54 Å². The predicted molar refractivity (Wildman–Crippen MR) is 97.3 cm³/mol. The summed E-state index contributed by atoms with van der Waals surface area (Å²) in [7, 11) is 0. The molecule has 0 saturated heterocycles. The van der Waals surface area contributed by atoms with Gasteiger partial charge in [-0.1, -0.05) is 49.2 Å². The van der Waals surface area contributed by atoms with E-state index in [-0.39, 0.29) is 5.91 Å². The van der Waals surface area contributed by atoms with E-state index < -0.39 is 0 Å². The normalized spacial score (nSPS) is 10.9. The van der Waals surface area contributed by atoms with Crippen LogP contribution in [0, 0.1) is 6.92 Å². The summed E-state index contributed by atoms with van der Waals surface area (Å²) < 4.78 is 1.95.